The molecular formula is C21H18N2O2. The van der Waals surface area contributed by atoms with Crippen molar-refractivity contribution >= 4 is 17.0 Å². The van der Waals surface area contributed by atoms with Gasteiger partial charge < -0.3 is 9.57 Å². The molecule has 0 aliphatic heterocycles. The number of oxime groups is 1. The maximum absolute atomic E-state index is 9.11. The van der Waals surface area contributed by atoms with Gasteiger partial charge in [0.25, 0.3) is 0 Å². The standard InChI is InChI=1S/C21H18N2O2/c1-2-24-21-12-11-16-7-5-6-10-19(16)20(21)14-23-25-15-18-9-4-3-8-17(18)13-22/h3-12,14H,2,15H2,1H3/b23-14-. The van der Waals surface area contributed by atoms with E-state index in [-0.39, 0.29) is 6.61 Å². The predicted octanol–water partition coefficient (Wildman–Crippen LogP) is 4.66. The van der Waals surface area contributed by atoms with Crippen LogP contribution in [0.1, 0.15) is 23.6 Å². The van der Waals surface area contributed by atoms with Crippen LogP contribution in [0.3, 0.4) is 0 Å². The van der Waals surface area contributed by atoms with Gasteiger partial charge in [0.15, 0.2) is 0 Å². The molecule has 0 spiro atoms. The first-order valence-electron chi connectivity index (χ1n) is 8.11. The van der Waals surface area contributed by atoms with E-state index in [0.29, 0.717) is 12.2 Å². The Labute approximate surface area is 146 Å². The van der Waals surface area contributed by atoms with Crippen molar-refractivity contribution in [1.82, 2.24) is 0 Å². The van der Waals surface area contributed by atoms with Crippen LogP contribution in [0.5, 0.6) is 5.75 Å². The van der Waals surface area contributed by atoms with E-state index >= 15 is 0 Å². The van der Waals surface area contributed by atoms with Crippen LogP contribution in [0, 0.1) is 11.3 Å². The van der Waals surface area contributed by atoms with Crippen molar-refractivity contribution in [3.63, 3.8) is 0 Å². The molecule has 0 aromatic heterocycles. The zero-order valence-electron chi connectivity index (χ0n) is 14.0. The van der Waals surface area contributed by atoms with Gasteiger partial charge in [-0.3, -0.25) is 0 Å². The van der Waals surface area contributed by atoms with Gasteiger partial charge in [0.2, 0.25) is 0 Å². The van der Waals surface area contributed by atoms with Crippen LogP contribution in [0.4, 0.5) is 0 Å². The first kappa shape index (κ1) is 16.5. The fraction of sp³-hybridized carbons (Fsp3) is 0.143. The van der Waals surface area contributed by atoms with Crippen LogP contribution in [-0.2, 0) is 11.4 Å². The second-order valence-corrected chi connectivity index (χ2v) is 5.41. The topological polar surface area (TPSA) is 54.6 Å². The fourth-order valence-corrected chi connectivity index (χ4v) is 2.64. The summed E-state index contributed by atoms with van der Waals surface area (Å²) in [5.41, 5.74) is 2.29. The van der Waals surface area contributed by atoms with Gasteiger partial charge in [-0.1, -0.05) is 53.7 Å². The first-order valence-corrected chi connectivity index (χ1v) is 8.11. The molecule has 0 fully saturated rings. The molecule has 0 atom stereocenters. The van der Waals surface area contributed by atoms with Crippen molar-refractivity contribution in [2.45, 2.75) is 13.5 Å². The van der Waals surface area contributed by atoms with Crippen LogP contribution in [0.2, 0.25) is 0 Å². The molecule has 124 valence electrons. The van der Waals surface area contributed by atoms with Gasteiger partial charge in [0.1, 0.15) is 12.4 Å². The van der Waals surface area contributed by atoms with Gasteiger partial charge in [0.05, 0.1) is 24.5 Å². The number of benzene rings is 3. The molecule has 4 heteroatoms. The second kappa shape index (κ2) is 7.98. The highest BCUT2D eigenvalue weighted by molar-refractivity contribution is 6.02. The largest absolute Gasteiger partial charge is 0.493 e. The Hall–Kier alpha value is -3.32. The molecule has 0 heterocycles. The molecule has 0 amide bonds. The van der Waals surface area contributed by atoms with Gasteiger partial charge in [-0.05, 0) is 29.8 Å². The van der Waals surface area contributed by atoms with Crippen molar-refractivity contribution in [3.05, 3.63) is 77.4 Å². The Morgan fingerprint density at radius 1 is 1.04 bits per heavy atom. The Morgan fingerprint density at radius 3 is 2.68 bits per heavy atom. The van der Waals surface area contributed by atoms with E-state index in [1.807, 2.05) is 61.5 Å². The molecule has 0 radical (unpaired) electrons. The highest BCUT2D eigenvalue weighted by atomic mass is 16.6. The normalized spacial score (nSPS) is 10.7. The Bertz CT molecular complexity index is 942. The van der Waals surface area contributed by atoms with Gasteiger partial charge in [-0.25, -0.2) is 0 Å². The van der Waals surface area contributed by atoms with E-state index in [2.05, 4.69) is 11.2 Å². The summed E-state index contributed by atoms with van der Waals surface area (Å²) in [6, 6.07) is 21.5. The number of rotatable bonds is 6. The van der Waals surface area contributed by atoms with E-state index in [1.165, 1.54) is 0 Å². The molecule has 0 aliphatic carbocycles. The van der Waals surface area contributed by atoms with Gasteiger partial charge >= 0.3 is 0 Å². The van der Waals surface area contributed by atoms with E-state index < -0.39 is 0 Å². The average molecular weight is 330 g/mol. The molecule has 25 heavy (non-hydrogen) atoms. The van der Waals surface area contributed by atoms with Crippen molar-refractivity contribution < 1.29 is 9.57 Å². The number of nitrogens with zero attached hydrogens (tertiary/aromatic N) is 2. The molecule has 3 aromatic carbocycles. The highest BCUT2D eigenvalue weighted by Crippen LogP contribution is 2.26. The van der Waals surface area contributed by atoms with Crippen molar-refractivity contribution in [2.75, 3.05) is 6.61 Å². The highest BCUT2D eigenvalue weighted by Gasteiger charge is 2.07. The summed E-state index contributed by atoms with van der Waals surface area (Å²) in [4.78, 5) is 5.41. The number of fused-ring (bicyclic) bond motifs is 1. The van der Waals surface area contributed by atoms with E-state index in [9.17, 15) is 0 Å². The molecule has 3 aromatic rings. The van der Waals surface area contributed by atoms with Gasteiger partial charge in [-0.2, -0.15) is 5.26 Å². The summed E-state index contributed by atoms with van der Waals surface area (Å²) in [6.45, 7) is 2.77. The SMILES string of the molecule is CCOc1ccc2ccccc2c1/C=N\OCc1ccccc1C#N. The minimum absolute atomic E-state index is 0.245. The minimum Gasteiger partial charge on any atom is -0.493 e. The number of nitriles is 1. The van der Waals surface area contributed by atoms with Crippen LogP contribution in [-0.4, -0.2) is 12.8 Å². The van der Waals surface area contributed by atoms with Crippen molar-refractivity contribution in [3.8, 4) is 11.8 Å². The molecular weight excluding hydrogens is 312 g/mol. The quantitative estimate of drug-likeness (QED) is 0.488. The van der Waals surface area contributed by atoms with E-state index in [0.717, 1.165) is 27.6 Å². The second-order valence-electron chi connectivity index (χ2n) is 5.41. The summed E-state index contributed by atoms with van der Waals surface area (Å²) in [7, 11) is 0. The number of ether oxygens (including phenoxy) is 1. The summed E-state index contributed by atoms with van der Waals surface area (Å²) in [5, 5.41) is 15.4. The zero-order chi connectivity index (χ0) is 17.5. The lowest BCUT2D eigenvalue weighted by Crippen LogP contribution is -1.98. The summed E-state index contributed by atoms with van der Waals surface area (Å²) in [5.74, 6) is 0.769. The summed E-state index contributed by atoms with van der Waals surface area (Å²) in [6.07, 6.45) is 1.67. The van der Waals surface area contributed by atoms with E-state index in [4.69, 9.17) is 14.8 Å². The zero-order valence-corrected chi connectivity index (χ0v) is 14.0. The molecule has 0 bridgehead atoms. The van der Waals surface area contributed by atoms with Crippen LogP contribution in [0.15, 0.2) is 65.8 Å². The molecule has 4 nitrogen and oxygen atoms in total. The van der Waals surface area contributed by atoms with E-state index in [1.54, 1.807) is 12.3 Å². The lowest BCUT2D eigenvalue weighted by Gasteiger charge is -2.10. The molecule has 0 unspecified atom stereocenters. The van der Waals surface area contributed by atoms with Gasteiger partial charge in [-0.15, -0.1) is 0 Å². The third kappa shape index (κ3) is 3.78. The smallest absolute Gasteiger partial charge is 0.143 e. The van der Waals surface area contributed by atoms with Crippen LogP contribution in [0.25, 0.3) is 10.8 Å². The van der Waals surface area contributed by atoms with Crippen LogP contribution < -0.4 is 4.74 Å². The fourth-order valence-electron chi connectivity index (χ4n) is 2.64. The predicted molar refractivity (Wildman–Crippen MR) is 98.7 cm³/mol. The lowest BCUT2D eigenvalue weighted by molar-refractivity contribution is 0.132. The maximum Gasteiger partial charge on any atom is 0.143 e. The Morgan fingerprint density at radius 2 is 1.84 bits per heavy atom. The molecule has 0 saturated heterocycles. The van der Waals surface area contributed by atoms with Crippen molar-refractivity contribution in [1.29, 1.82) is 5.26 Å². The van der Waals surface area contributed by atoms with Gasteiger partial charge in [0, 0.05) is 11.1 Å². The Balaban J connectivity index is 1.83. The molecule has 0 aliphatic rings. The van der Waals surface area contributed by atoms with Crippen LogP contribution >= 0.6 is 0 Å². The lowest BCUT2D eigenvalue weighted by atomic mass is 10.0. The monoisotopic (exact) mass is 330 g/mol. The first-order chi connectivity index (χ1) is 12.3. The third-order valence-corrected chi connectivity index (χ3v) is 3.84. The average Bonchev–Trinajstić information content (AvgIpc) is 2.66. The summed E-state index contributed by atoms with van der Waals surface area (Å²) < 4.78 is 5.71. The number of hydrogen-bond donors (Lipinski definition) is 0. The van der Waals surface area contributed by atoms with Crippen molar-refractivity contribution in [2.24, 2.45) is 5.16 Å². The minimum atomic E-state index is 0.245. The molecule has 0 N–H and O–H groups in total. The maximum atomic E-state index is 9.11. The number of hydrogen-bond acceptors (Lipinski definition) is 4. The molecule has 3 rings (SSSR count). The third-order valence-electron chi connectivity index (χ3n) is 3.84. The summed E-state index contributed by atoms with van der Waals surface area (Å²) >= 11 is 0. The Kier molecular flexibility index (Phi) is 5.28. The molecule has 0 saturated carbocycles.